The number of rotatable bonds is 3. The first-order chi connectivity index (χ1) is 12.1. The summed E-state index contributed by atoms with van der Waals surface area (Å²) >= 11 is 0. The number of carboxylic acid groups (broad SMARTS) is 1. The Balaban J connectivity index is 0.00000261. The maximum atomic E-state index is 12.5. The van der Waals surface area contributed by atoms with Crippen molar-refractivity contribution >= 4 is 47.1 Å². The Hall–Kier alpha value is -1.62. The molecule has 1 amide bonds. The van der Waals surface area contributed by atoms with Crippen molar-refractivity contribution in [2.75, 3.05) is 5.32 Å². The number of nitrogens with one attached hydrogen (secondary N) is 1. The van der Waals surface area contributed by atoms with Crippen LogP contribution in [-0.2, 0) is 10.8 Å². The molecule has 0 fully saturated rings. The second-order valence-electron chi connectivity index (χ2n) is 8.36. The van der Waals surface area contributed by atoms with E-state index in [0.717, 1.165) is 18.5 Å². The monoisotopic (exact) mass is 375 g/mol. The van der Waals surface area contributed by atoms with E-state index in [4.69, 9.17) is 5.11 Å². The fraction of sp³-hybridized carbons (Fsp3) is 0.364. The summed E-state index contributed by atoms with van der Waals surface area (Å²) in [6, 6.07) is 12.1. The van der Waals surface area contributed by atoms with Crippen LogP contribution in [-0.4, -0.2) is 46.5 Å². The molecule has 5 heteroatoms. The number of hydrogen-bond donors (Lipinski definition) is 2. The quantitative estimate of drug-likeness (QED) is 0.785. The number of aromatic carboxylic acids is 1. The van der Waals surface area contributed by atoms with Gasteiger partial charge in [-0.3, -0.25) is 4.79 Å². The second-order valence-corrected chi connectivity index (χ2v) is 8.36. The Morgan fingerprint density at radius 3 is 1.93 bits per heavy atom. The third-order valence-corrected chi connectivity index (χ3v) is 5.50. The number of carboxylic acids is 1. The Kier molecular flexibility index (Phi) is 6.25. The molecular formula is C22H26NNaO3. The van der Waals surface area contributed by atoms with Crippen molar-refractivity contribution < 1.29 is 14.7 Å². The van der Waals surface area contributed by atoms with Crippen LogP contribution >= 0.6 is 0 Å². The molecule has 1 aliphatic rings. The van der Waals surface area contributed by atoms with Gasteiger partial charge in [-0.05, 0) is 71.2 Å². The summed E-state index contributed by atoms with van der Waals surface area (Å²) in [5, 5.41) is 11.9. The minimum atomic E-state index is -1.00. The number of amides is 1. The number of hydrogen-bond acceptors (Lipinski definition) is 2. The fourth-order valence-corrected chi connectivity index (χ4v) is 3.63. The summed E-state index contributed by atoms with van der Waals surface area (Å²) in [5.74, 6) is -1.24. The van der Waals surface area contributed by atoms with Crippen molar-refractivity contribution in [3.05, 3.63) is 64.7 Å². The van der Waals surface area contributed by atoms with E-state index in [1.165, 1.54) is 35.4 Å². The van der Waals surface area contributed by atoms with Crippen LogP contribution in [0.3, 0.4) is 0 Å². The molecule has 0 bridgehead atoms. The zero-order valence-electron chi connectivity index (χ0n) is 15.7. The van der Waals surface area contributed by atoms with Gasteiger partial charge < -0.3 is 10.4 Å². The topological polar surface area (TPSA) is 66.4 Å². The first-order valence-electron chi connectivity index (χ1n) is 8.90. The van der Waals surface area contributed by atoms with Crippen LogP contribution in [0.25, 0.3) is 0 Å². The molecule has 0 saturated heterocycles. The van der Waals surface area contributed by atoms with Crippen LogP contribution in [0.2, 0.25) is 0 Å². The zero-order valence-corrected chi connectivity index (χ0v) is 15.7. The molecule has 3 rings (SSSR count). The number of carbonyl (C=O) groups is 2. The molecule has 0 aromatic heterocycles. The van der Waals surface area contributed by atoms with Crippen molar-refractivity contribution in [2.45, 2.75) is 51.4 Å². The van der Waals surface area contributed by atoms with Gasteiger partial charge in [0.1, 0.15) is 0 Å². The van der Waals surface area contributed by atoms with E-state index in [9.17, 15) is 9.59 Å². The molecule has 2 aromatic rings. The third-order valence-electron chi connectivity index (χ3n) is 5.50. The molecule has 0 heterocycles. The molecule has 0 spiro atoms. The average molecular weight is 375 g/mol. The molecule has 138 valence electrons. The first kappa shape index (κ1) is 21.7. The van der Waals surface area contributed by atoms with E-state index in [-0.39, 0.29) is 51.9 Å². The fourth-order valence-electron chi connectivity index (χ4n) is 3.63. The van der Waals surface area contributed by atoms with Gasteiger partial charge in [-0.15, -0.1) is 0 Å². The van der Waals surface area contributed by atoms with Gasteiger partial charge in [0.05, 0.1) is 5.56 Å². The number of carbonyl (C=O) groups excluding carboxylic acids is 1. The molecule has 0 aliphatic heterocycles. The van der Waals surface area contributed by atoms with Crippen LogP contribution in [0, 0.1) is 0 Å². The van der Waals surface area contributed by atoms with E-state index >= 15 is 0 Å². The molecule has 2 N–H and O–H groups in total. The van der Waals surface area contributed by atoms with Crippen molar-refractivity contribution in [3.63, 3.8) is 0 Å². The average Bonchev–Trinajstić information content (AvgIpc) is 2.59. The molecule has 0 radical (unpaired) electrons. The molecular weight excluding hydrogens is 349 g/mol. The molecule has 27 heavy (non-hydrogen) atoms. The van der Waals surface area contributed by atoms with Crippen LogP contribution in [0.1, 0.15) is 72.4 Å². The SMILES string of the molecule is CC1(C)CCC(C)(C)c2cc(NC(=O)c3ccc(C(=O)O)cc3)ccc21.[NaH]. The number of benzene rings is 2. The van der Waals surface area contributed by atoms with Crippen LogP contribution in [0.4, 0.5) is 5.69 Å². The molecule has 2 aromatic carbocycles. The predicted octanol–water partition coefficient (Wildman–Crippen LogP) is 4.34. The van der Waals surface area contributed by atoms with E-state index in [2.05, 4.69) is 45.1 Å². The summed E-state index contributed by atoms with van der Waals surface area (Å²) in [7, 11) is 0. The minimum absolute atomic E-state index is 0. The Morgan fingerprint density at radius 1 is 0.852 bits per heavy atom. The maximum absolute atomic E-state index is 12.5. The number of anilines is 1. The van der Waals surface area contributed by atoms with Gasteiger partial charge >= 0.3 is 35.5 Å². The van der Waals surface area contributed by atoms with Gasteiger partial charge in [-0.1, -0.05) is 33.8 Å². The van der Waals surface area contributed by atoms with E-state index in [0.29, 0.717) is 5.56 Å². The van der Waals surface area contributed by atoms with E-state index in [1.54, 1.807) is 0 Å². The standard InChI is InChI=1S/C22H25NO3.Na.H/c1-21(2)11-12-22(3,4)18-13-16(9-10-17(18)21)23-19(24)14-5-7-15(8-6-14)20(25)26;;/h5-10,13H,11-12H2,1-4H3,(H,23,24)(H,25,26);;. The molecule has 0 unspecified atom stereocenters. The van der Waals surface area contributed by atoms with Gasteiger partial charge in [-0.2, -0.15) is 0 Å². The van der Waals surface area contributed by atoms with Crippen LogP contribution in [0.15, 0.2) is 42.5 Å². The van der Waals surface area contributed by atoms with Crippen molar-refractivity contribution in [1.82, 2.24) is 0 Å². The summed E-state index contributed by atoms with van der Waals surface area (Å²) < 4.78 is 0. The second kappa shape index (κ2) is 7.78. The Bertz CT molecular complexity index is 870. The zero-order chi connectivity index (χ0) is 19.1. The summed E-state index contributed by atoms with van der Waals surface area (Å²) in [4.78, 5) is 23.4. The molecule has 0 saturated carbocycles. The molecule has 1 aliphatic carbocycles. The van der Waals surface area contributed by atoms with Gasteiger partial charge in [0.25, 0.3) is 5.91 Å². The number of fused-ring (bicyclic) bond motifs is 1. The van der Waals surface area contributed by atoms with E-state index < -0.39 is 5.97 Å². The van der Waals surface area contributed by atoms with Crippen LogP contribution < -0.4 is 5.32 Å². The molecule has 4 nitrogen and oxygen atoms in total. The normalized spacial score (nSPS) is 16.6. The first-order valence-corrected chi connectivity index (χ1v) is 8.90. The van der Waals surface area contributed by atoms with Crippen molar-refractivity contribution in [1.29, 1.82) is 0 Å². The van der Waals surface area contributed by atoms with Crippen molar-refractivity contribution in [3.8, 4) is 0 Å². The van der Waals surface area contributed by atoms with Gasteiger partial charge in [0, 0.05) is 11.3 Å². The summed E-state index contributed by atoms with van der Waals surface area (Å²) in [6.07, 6.45) is 2.26. The third kappa shape index (κ3) is 4.45. The van der Waals surface area contributed by atoms with Crippen LogP contribution in [0.5, 0.6) is 0 Å². The summed E-state index contributed by atoms with van der Waals surface area (Å²) in [5.41, 5.74) is 4.22. The Morgan fingerprint density at radius 2 is 1.37 bits per heavy atom. The van der Waals surface area contributed by atoms with Gasteiger partial charge in [0.15, 0.2) is 0 Å². The predicted molar refractivity (Wildman–Crippen MR) is 110 cm³/mol. The summed E-state index contributed by atoms with van der Waals surface area (Å²) in [6.45, 7) is 9.03. The van der Waals surface area contributed by atoms with E-state index in [1.807, 2.05) is 6.07 Å². The van der Waals surface area contributed by atoms with Gasteiger partial charge in [-0.25, -0.2) is 4.79 Å². The Labute approximate surface area is 182 Å². The van der Waals surface area contributed by atoms with Gasteiger partial charge in [0.2, 0.25) is 0 Å². The van der Waals surface area contributed by atoms with Crippen molar-refractivity contribution in [2.24, 2.45) is 0 Å². The molecule has 0 atom stereocenters.